The molecule has 0 bridgehead atoms. The number of aliphatic carboxylic acids is 1. The van der Waals surface area contributed by atoms with E-state index in [1.807, 2.05) is 0 Å². The van der Waals surface area contributed by atoms with Gasteiger partial charge >= 0.3 is 5.97 Å². The molecule has 27 heteroatoms. The number of hydrogen-bond donors (Lipinski definition) is 2. The van der Waals surface area contributed by atoms with Crippen molar-refractivity contribution < 1.29 is 124 Å². The number of nitrogens with two attached hydrogens (primary N) is 1. The molecular weight excluding hydrogens is 1040 g/mol. The Morgan fingerprint density at radius 1 is 0.179 bits per heavy atom. The van der Waals surface area contributed by atoms with Crippen LogP contribution in [0, 0.1) is 0 Å². The van der Waals surface area contributed by atoms with E-state index < -0.39 is 5.97 Å². The van der Waals surface area contributed by atoms with Gasteiger partial charge in [-0.15, -0.1) is 0 Å². The number of carboxylic acid groups (broad SMARTS) is 1. The number of carboxylic acids is 1. The molecule has 0 fully saturated rings. The summed E-state index contributed by atoms with van der Waals surface area (Å²) in [5.74, 6) is -0.880. The second-order valence-electron chi connectivity index (χ2n) is 15.6. The average molecular weight is 1150 g/mol. The molecule has 0 radical (unpaired) electrons. The molecule has 0 unspecified atom stereocenters. The van der Waals surface area contributed by atoms with Crippen molar-refractivity contribution in [2.75, 3.05) is 324 Å². The van der Waals surface area contributed by atoms with E-state index in [1.165, 1.54) is 0 Å². The lowest BCUT2D eigenvalue weighted by atomic mass is 10.5. The van der Waals surface area contributed by atoms with Crippen LogP contribution in [0.5, 0.6) is 0 Å². The van der Waals surface area contributed by atoms with Crippen molar-refractivity contribution in [3.63, 3.8) is 0 Å². The van der Waals surface area contributed by atoms with Crippen molar-refractivity contribution >= 4 is 5.97 Å². The monoisotopic (exact) mass is 1150 g/mol. The van der Waals surface area contributed by atoms with E-state index in [-0.39, 0.29) is 13.0 Å². The molecule has 0 amide bonds. The van der Waals surface area contributed by atoms with Gasteiger partial charge in [-0.05, 0) is 0 Å². The maximum Gasteiger partial charge on any atom is 0.305 e. The van der Waals surface area contributed by atoms with E-state index >= 15 is 0 Å². The Balaban J connectivity index is 3.08. The number of rotatable bonds is 74. The predicted octanol–water partition coefficient (Wildman–Crippen LogP) is -0.182. The molecule has 0 aliphatic heterocycles. The zero-order chi connectivity index (χ0) is 55.9. The third kappa shape index (κ3) is 74.5. The first kappa shape index (κ1) is 76.5. The van der Waals surface area contributed by atoms with Crippen molar-refractivity contribution in [1.29, 1.82) is 0 Å². The second-order valence-corrected chi connectivity index (χ2v) is 15.6. The van der Waals surface area contributed by atoms with Gasteiger partial charge in [-0.2, -0.15) is 0 Å². The van der Waals surface area contributed by atoms with Gasteiger partial charge in [0.05, 0.1) is 324 Å². The Morgan fingerprint density at radius 2 is 0.269 bits per heavy atom. The highest BCUT2D eigenvalue weighted by atomic mass is 16.6. The molecule has 3 N–H and O–H groups in total. The van der Waals surface area contributed by atoms with Crippen LogP contribution in [-0.4, -0.2) is 335 Å². The molecule has 468 valence electrons. The van der Waals surface area contributed by atoms with E-state index in [0.29, 0.717) is 317 Å². The lowest BCUT2D eigenvalue weighted by molar-refractivity contribution is -0.138. The Hall–Kier alpha value is -1.53. The number of hydrogen-bond acceptors (Lipinski definition) is 26. The minimum atomic E-state index is -0.880. The maximum absolute atomic E-state index is 10.4. The van der Waals surface area contributed by atoms with Gasteiger partial charge in [-0.25, -0.2) is 0 Å². The quantitative estimate of drug-likeness (QED) is 0.0747. The lowest BCUT2D eigenvalue weighted by Crippen LogP contribution is -2.16. The minimum Gasteiger partial charge on any atom is -0.481 e. The fourth-order valence-electron chi connectivity index (χ4n) is 5.40. The summed E-state index contributed by atoms with van der Waals surface area (Å²) < 4.78 is 131. The van der Waals surface area contributed by atoms with Gasteiger partial charge in [0.15, 0.2) is 0 Å². The zero-order valence-electron chi connectivity index (χ0n) is 47.1. The van der Waals surface area contributed by atoms with E-state index in [9.17, 15) is 4.79 Å². The SMILES string of the molecule is NCCOCCOCCOCCOCCOCCOCCOCCOCCOCCOCCOCCOCCOCCOCCOCCOCCOCCOCCOCCOCCOCCOCCOCCOCCC(=O)O. The van der Waals surface area contributed by atoms with Crippen molar-refractivity contribution in [2.24, 2.45) is 5.73 Å². The second kappa shape index (κ2) is 73.5. The Bertz CT molecular complexity index is 1090. The van der Waals surface area contributed by atoms with Gasteiger partial charge in [0.25, 0.3) is 0 Å². The van der Waals surface area contributed by atoms with E-state index in [2.05, 4.69) is 0 Å². The highest BCUT2D eigenvalue weighted by molar-refractivity contribution is 5.66. The van der Waals surface area contributed by atoms with Crippen LogP contribution in [0.2, 0.25) is 0 Å². The van der Waals surface area contributed by atoms with E-state index in [0.717, 1.165) is 0 Å². The van der Waals surface area contributed by atoms with E-state index in [1.54, 1.807) is 0 Å². The molecule has 0 aliphatic rings. The van der Waals surface area contributed by atoms with Crippen molar-refractivity contribution in [1.82, 2.24) is 0 Å². The van der Waals surface area contributed by atoms with Crippen LogP contribution in [-0.2, 0) is 118 Å². The van der Waals surface area contributed by atoms with Gasteiger partial charge in [-0.3, -0.25) is 4.79 Å². The standard InChI is InChI=1S/C51H103NO26/c52-2-4-56-6-8-58-10-12-60-14-16-62-18-20-64-22-24-66-26-28-68-30-32-70-34-36-72-38-40-74-42-44-76-46-48-78-50-49-77-47-45-75-43-41-73-39-37-71-35-33-69-31-29-67-27-25-65-23-21-63-19-17-61-15-13-59-11-9-57-7-5-55-3-1-51(53)54/h1-50,52H2,(H,53,54). The molecule has 0 spiro atoms. The molecule has 0 aliphatic carbocycles. The van der Waals surface area contributed by atoms with Gasteiger partial charge in [0, 0.05) is 6.54 Å². The summed E-state index contributed by atoms with van der Waals surface area (Å²) in [4.78, 5) is 10.4. The van der Waals surface area contributed by atoms with Crippen molar-refractivity contribution in [2.45, 2.75) is 6.42 Å². The largest absolute Gasteiger partial charge is 0.481 e. The van der Waals surface area contributed by atoms with Crippen molar-refractivity contribution in [3.05, 3.63) is 0 Å². The lowest BCUT2D eigenvalue weighted by Gasteiger charge is -2.09. The van der Waals surface area contributed by atoms with Gasteiger partial charge in [-0.1, -0.05) is 0 Å². The summed E-state index contributed by atoms with van der Waals surface area (Å²) in [6.45, 7) is 23.4. The smallest absolute Gasteiger partial charge is 0.305 e. The summed E-state index contributed by atoms with van der Waals surface area (Å²) in [5.41, 5.74) is 5.34. The fraction of sp³-hybridized carbons (Fsp3) is 0.980. The third-order valence-corrected chi connectivity index (χ3v) is 9.28. The molecule has 0 atom stereocenters. The molecule has 0 aromatic rings. The topological polar surface area (TPSA) is 285 Å². The molecule has 0 saturated carbocycles. The Labute approximate surface area is 464 Å². The first-order valence-corrected chi connectivity index (χ1v) is 27.5. The van der Waals surface area contributed by atoms with Crippen molar-refractivity contribution in [3.8, 4) is 0 Å². The molecular formula is C51H103NO26. The van der Waals surface area contributed by atoms with E-state index in [4.69, 9.17) is 125 Å². The molecule has 0 aromatic carbocycles. The summed E-state index contributed by atoms with van der Waals surface area (Å²) >= 11 is 0. The van der Waals surface area contributed by atoms with Crippen LogP contribution >= 0.6 is 0 Å². The average Bonchev–Trinajstić information content (AvgIpc) is 3.44. The predicted molar refractivity (Wildman–Crippen MR) is 281 cm³/mol. The fourth-order valence-corrected chi connectivity index (χ4v) is 5.40. The summed E-state index contributed by atoms with van der Waals surface area (Å²) in [6, 6.07) is 0. The molecule has 0 aromatic heterocycles. The van der Waals surface area contributed by atoms with Crippen LogP contribution in [0.25, 0.3) is 0 Å². The third-order valence-electron chi connectivity index (χ3n) is 9.28. The zero-order valence-corrected chi connectivity index (χ0v) is 47.1. The van der Waals surface area contributed by atoms with Crippen LogP contribution in [0.15, 0.2) is 0 Å². The van der Waals surface area contributed by atoms with Crippen LogP contribution in [0.1, 0.15) is 6.42 Å². The summed E-state index contributed by atoms with van der Waals surface area (Å²) in [6.07, 6.45) is -0.00969. The normalized spacial score (nSPS) is 11.7. The highest BCUT2D eigenvalue weighted by Gasteiger charge is 2.01. The Kier molecular flexibility index (Phi) is 72.0. The molecule has 78 heavy (non-hydrogen) atoms. The minimum absolute atomic E-state index is 0.00969. The van der Waals surface area contributed by atoms with Crippen LogP contribution in [0.3, 0.4) is 0 Å². The number of ether oxygens (including phenoxy) is 24. The highest BCUT2D eigenvalue weighted by Crippen LogP contribution is 1.91. The first-order chi connectivity index (χ1) is 38.8. The molecule has 0 heterocycles. The maximum atomic E-state index is 10.4. The van der Waals surface area contributed by atoms with Crippen LogP contribution < -0.4 is 5.73 Å². The van der Waals surface area contributed by atoms with Gasteiger partial charge in [0.2, 0.25) is 0 Å². The molecule has 27 nitrogen and oxygen atoms in total. The van der Waals surface area contributed by atoms with Crippen LogP contribution in [0.4, 0.5) is 0 Å². The summed E-state index contributed by atoms with van der Waals surface area (Å²) in [5, 5.41) is 8.52. The molecule has 0 saturated heterocycles. The first-order valence-electron chi connectivity index (χ1n) is 27.5. The van der Waals surface area contributed by atoms with Gasteiger partial charge < -0.3 is 125 Å². The Morgan fingerprint density at radius 3 is 0.359 bits per heavy atom. The summed E-state index contributed by atoms with van der Waals surface area (Å²) in [7, 11) is 0. The molecule has 0 rings (SSSR count). The van der Waals surface area contributed by atoms with Gasteiger partial charge in [0.1, 0.15) is 0 Å². The number of carbonyl (C=O) groups is 1.